The van der Waals surface area contributed by atoms with Crippen molar-refractivity contribution in [3.05, 3.63) is 30.1 Å². The molecule has 0 radical (unpaired) electrons. The molecule has 0 aliphatic carbocycles. The van der Waals surface area contributed by atoms with E-state index >= 15 is 0 Å². The van der Waals surface area contributed by atoms with Crippen LogP contribution in [0.4, 0.5) is 0 Å². The smallest absolute Gasteiger partial charge is 0.126 e. The highest BCUT2D eigenvalue weighted by molar-refractivity contribution is 5.76. The SMILES string of the molecule is CCCC(N)c1nc2ccccc2n1CC(O)CO. The van der Waals surface area contributed by atoms with Crippen LogP contribution >= 0.6 is 0 Å². The van der Waals surface area contributed by atoms with Crippen LogP contribution < -0.4 is 5.73 Å². The van der Waals surface area contributed by atoms with Gasteiger partial charge < -0.3 is 20.5 Å². The van der Waals surface area contributed by atoms with Gasteiger partial charge in [0.2, 0.25) is 0 Å². The summed E-state index contributed by atoms with van der Waals surface area (Å²) >= 11 is 0. The van der Waals surface area contributed by atoms with Gasteiger partial charge in [0.25, 0.3) is 0 Å². The van der Waals surface area contributed by atoms with Gasteiger partial charge in [-0.25, -0.2) is 4.98 Å². The van der Waals surface area contributed by atoms with Crippen molar-refractivity contribution in [3.63, 3.8) is 0 Å². The van der Waals surface area contributed by atoms with E-state index in [1.165, 1.54) is 0 Å². The molecule has 0 aliphatic rings. The highest BCUT2D eigenvalue weighted by Crippen LogP contribution is 2.22. The fourth-order valence-electron chi connectivity index (χ4n) is 2.28. The first-order valence-electron chi connectivity index (χ1n) is 6.67. The van der Waals surface area contributed by atoms with E-state index in [2.05, 4.69) is 11.9 Å². The number of hydrogen-bond donors (Lipinski definition) is 3. The minimum absolute atomic E-state index is 0.150. The van der Waals surface area contributed by atoms with E-state index < -0.39 is 6.10 Å². The van der Waals surface area contributed by atoms with Gasteiger partial charge in [-0.3, -0.25) is 0 Å². The molecule has 1 aromatic heterocycles. The fraction of sp³-hybridized carbons (Fsp3) is 0.500. The minimum atomic E-state index is -0.801. The van der Waals surface area contributed by atoms with Crippen molar-refractivity contribution in [3.8, 4) is 0 Å². The Morgan fingerprint density at radius 1 is 1.37 bits per heavy atom. The summed E-state index contributed by atoms with van der Waals surface area (Å²) in [6, 6.07) is 7.59. The number of nitrogens with zero attached hydrogens (tertiary/aromatic N) is 2. The van der Waals surface area contributed by atoms with Crippen LogP contribution in [0.25, 0.3) is 11.0 Å². The summed E-state index contributed by atoms with van der Waals surface area (Å²) < 4.78 is 1.91. The zero-order chi connectivity index (χ0) is 13.8. The predicted molar refractivity (Wildman–Crippen MR) is 74.7 cm³/mol. The molecule has 2 atom stereocenters. The maximum atomic E-state index is 9.69. The summed E-state index contributed by atoms with van der Waals surface area (Å²) in [4.78, 5) is 4.56. The number of fused-ring (bicyclic) bond motifs is 1. The quantitative estimate of drug-likeness (QED) is 0.731. The molecule has 0 amide bonds. The predicted octanol–water partition coefficient (Wildman–Crippen LogP) is 1.19. The van der Waals surface area contributed by atoms with Gasteiger partial charge in [-0.05, 0) is 18.6 Å². The molecule has 19 heavy (non-hydrogen) atoms. The highest BCUT2D eigenvalue weighted by Gasteiger charge is 2.18. The lowest BCUT2D eigenvalue weighted by molar-refractivity contribution is 0.0811. The van der Waals surface area contributed by atoms with Gasteiger partial charge in [-0.15, -0.1) is 0 Å². The molecule has 0 saturated heterocycles. The van der Waals surface area contributed by atoms with Gasteiger partial charge in [-0.1, -0.05) is 25.5 Å². The average molecular weight is 263 g/mol. The molecule has 0 spiro atoms. The molecule has 0 bridgehead atoms. The van der Waals surface area contributed by atoms with Crippen LogP contribution in [0.3, 0.4) is 0 Å². The number of imidazole rings is 1. The Morgan fingerprint density at radius 3 is 2.79 bits per heavy atom. The van der Waals surface area contributed by atoms with E-state index in [1.54, 1.807) is 0 Å². The number of benzene rings is 1. The zero-order valence-electron chi connectivity index (χ0n) is 11.2. The maximum Gasteiger partial charge on any atom is 0.126 e. The van der Waals surface area contributed by atoms with Crippen LogP contribution in [0.1, 0.15) is 31.6 Å². The normalized spacial score (nSPS) is 14.7. The molecular formula is C14H21N3O2. The van der Waals surface area contributed by atoms with Crippen molar-refractivity contribution in [2.24, 2.45) is 5.73 Å². The lowest BCUT2D eigenvalue weighted by Gasteiger charge is -2.16. The summed E-state index contributed by atoms with van der Waals surface area (Å²) in [6.07, 6.45) is 1.02. The number of aromatic nitrogens is 2. The second-order valence-electron chi connectivity index (χ2n) is 4.80. The first kappa shape index (κ1) is 14.0. The Hall–Kier alpha value is -1.43. The molecule has 4 N–H and O–H groups in total. The molecule has 2 rings (SSSR count). The number of aliphatic hydroxyl groups is 2. The molecule has 1 heterocycles. The molecule has 2 aromatic rings. The molecule has 0 aliphatic heterocycles. The monoisotopic (exact) mass is 263 g/mol. The molecule has 1 aromatic carbocycles. The van der Waals surface area contributed by atoms with Crippen molar-refractivity contribution in [1.29, 1.82) is 0 Å². The second kappa shape index (κ2) is 6.14. The second-order valence-corrected chi connectivity index (χ2v) is 4.80. The largest absolute Gasteiger partial charge is 0.394 e. The van der Waals surface area contributed by atoms with Crippen LogP contribution in [0.5, 0.6) is 0 Å². The first-order valence-corrected chi connectivity index (χ1v) is 6.67. The summed E-state index contributed by atoms with van der Waals surface area (Å²) in [6.45, 7) is 2.12. The van der Waals surface area contributed by atoms with Gasteiger partial charge in [0.05, 0.1) is 36.3 Å². The molecule has 0 fully saturated rings. The molecule has 5 heteroatoms. The van der Waals surface area contributed by atoms with Crippen molar-refractivity contribution >= 4 is 11.0 Å². The topological polar surface area (TPSA) is 84.3 Å². The van der Waals surface area contributed by atoms with Crippen LogP contribution in [-0.2, 0) is 6.54 Å². The van der Waals surface area contributed by atoms with Crippen LogP contribution in [0.2, 0.25) is 0 Å². The standard InChI is InChI=1S/C14H21N3O2/c1-2-5-11(15)14-16-12-6-3-4-7-13(12)17(14)8-10(19)9-18/h3-4,6-7,10-11,18-19H,2,5,8-9,15H2,1H3. The fourth-order valence-corrected chi connectivity index (χ4v) is 2.28. The van der Waals surface area contributed by atoms with Crippen molar-refractivity contribution < 1.29 is 10.2 Å². The van der Waals surface area contributed by atoms with E-state index in [4.69, 9.17) is 10.8 Å². The Labute approximate surface area is 112 Å². The Balaban J connectivity index is 2.45. The highest BCUT2D eigenvalue weighted by atomic mass is 16.3. The Bertz CT molecular complexity index is 538. The third-order valence-corrected chi connectivity index (χ3v) is 3.22. The Kier molecular flexibility index (Phi) is 4.52. The number of aliphatic hydroxyl groups excluding tert-OH is 2. The third-order valence-electron chi connectivity index (χ3n) is 3.22. The number of hydrogen-bond acceptors (Lipinski definition) is 4. The first-order chi connectivity index (χ1) is 9.17. The van der Waals surface area contributed by atoms with Crippen LogP contribution in [-0.4, -0.2) is 32.5 Å². The maximum absolute atomic E-state index is 9.69. The van der Waals surface area contributed by atoms with E-state index in [9.17, 15) is 5.11 Å². The van der Waals surface area contributed by atoms with Gasteiger partial charge in [0, 0.05) is 0 Å². The number of nitrogens with two attached hydrogens (primary N) is 1. The Morgan fingerprint density at radius 2 is 2.11 bits per heavy atom. The van der Waals surface area contributed by atoms with Gasteiger partial charge >= 0.3 is 0 Å². The summed E-state index contributed by atoms with van der Waals surface area (Å²) in [5.74, 6) is 0.774. The van der Waals surface area contributed by atoms with Crippen molar-refractivity contribution in [2.45, 2.75) is 38.5 Å². The lowest BCUT2D eigenvalue weighted by atomic mass is 10.1. The zero-order valence-corrected chi connectivity index (χ0v) is 11.2. The van der Waals surface area contributed by atoms with Crippen molar-refractivity contribution in [2.75, 3.05) is 6.61 Å². The summed E-state index contributed by atoms with van der Waals surface area (Å²) in [5.41, 5.74) is 7.97. The van der Waals surface area contributed by atoms with Crippen LogP contribution in [0, 0.1) is 0 Å². The van der Waals surface area contributed by atoms with E-state index in [0.717, 1.165) is 29.7 Å². The summed E-state index contributed by atoms with van der Waals surface area (Å²) in [7, 11) is 0. The van der Waals surface area contributed by atoms with E-state index in [1.807, 2.05) is 28.8 Å². The van der Waals surface area contributed by atoms with Crippen molar-refractivity contribution in [1.82, 2.24) is 9.55 Å². The van der Waals surface area contributed by atoms with Gasteiger partial charge in [-0.2, -0.15) is 0 Å². The summed E-state index contributed by atoms with van der Waals surface area (Å²) in [5, 5.41) is 18.7. The van der Waals surface area contributed by atoms with E-state index in [0.29, 0.717) is 6.54 Å². The molecule has 5 nitrogen and oxygen atoms in total. The van der Waals surface area contributed by atoms with Gasteiger partial charge in [0.15, 0.2) is 0 Å². The molecule has 2 unspecified atom stereocenters. The van der Waals surface area contributed by atoms with Gasteiger partial charge in [0.1, 0.15) is 5.82 Å². The number of rotatable bonds is 6. The molecular weight excluding hydrogens is 242 g/mol. The molecule has 0 saturated carbocycles. The third kappa shape index (κ3) is 2.94. The lowest BCUT2D eigenvalue weighted by Crippen LogP contribution is -2.24. The van der Waals surface area contributed by atoms with E-state index in [-0.39, 0.29) is 12.6 Å². The number of para-hydroxylation sites is 2. The minimum Gasteiger partial charge on any atom is -0.394 e. The van der Waals surface area contributed by atoms with Crippen LogP contribution in [0.15, 0.2) is 24.3 Å². The average Bonchev–Trinajstić information content (AvgIpc) is 2.78. The molecule has 104 valence electrons.